The monoisotopic (exact) mass is 294 g/mol. The third-order valence-electron chi connectivity index (χ3n) is 3.77. The van der Waals surface area contributed by atoms with Crippen LogP contribution >= 0.6 is 11.3 Å². The molecule has 2 atom stereocenters. The van der Waals surface area contributed by atoms with Gasteiger partial charge < -0.3 is 10.2 Å². The van der Waals surface area contributed by atoms with Crippen molar-refractivity contribution in [3.05, 3.63) is 22.4 Å². The van der Waals surface area contributed by atoms with Crippen LogP contribution in [0.4, 0.5) is 0 Å². The molecule has 1 aliphatic heterocycles. The largest absolute Gasteiger partial charge is 0.340 e. The van der Waals surface area contributed by atoms with Gasteiger partial charge >= 0.3 is 0 Å². The van der Waals surface area contributed by atoms with Crippen molar-refractivity contribution in [1.29, 1.82) is 0 Å². The molecule has 0 aromatic carbocycles. The minimum Gasteiger partial charge on any atom is -0.340 e. The van der Waals surface area contributed by atoms with Crippen molar-refractivity contribution in [2.45, 2.75) is 58.2 Å². The average Bonchev–Trinajstić information content (AvgIpc) is 2.89. The second-order valence-corrected chi connectivity index (χ2v) is 6.80. The van der Waals surface area contributed by atoms with Crippen molar-refractivity contribution in [2.75, 3.05) is 0 Å². The van der Waals surface area contributed by atoms with E-state index < -0.39 is 11.6 Å². The van der Waals surface area contributed by atoms with Gasteiger partial charge in [0.2, 0.25) is 11.8 Å². The van der Waals surface area contributed by atoms with Crippen LogP contribution in [0.5, 0.6) is 0 Å². The number of thiophene rings is 1. The lowest BCUT2D eigenvalue weighted by Gasteiger charge is -2.45. The van der Waals surface area contributed by atoms with Gasteiger partial charge in [-0.15, -0.1) is 11.3 Å². The first-order valence-corrected chi connectivity index (χ1v) is 7.94. The minimum absolute atomic E-state index is 0.00329. The normalized spacial score (nSPS) is 23.6. The van der Waals surface area contributed by atoms with Gasteiger partial charge in [-0.25, -0.2) is 0 Å². The van der Waals surface area contributed by atoms with Gasteiger partial charge in [0.05, 0.1) is 6.04 Å². The number of hydrogen-bond donors (Lipinski definition) is 1. The molecule has 2 amide bonds. The molecule has 2 heterocycles. The van der Waals surface area contributed by atoms with E-state index in [-0.39, 0.29) is 17.9 Å². The maximum absolute atomic E-state index is 12.7. The van der Waals surface area contributed by atoms with Crippen LogP contribution in [-0.4, -0.2) is 28.3 Å². The number of carbonyl (C=O) groups is 2. The van der Waals surface area contributed by atoms with Crippen LogP contribution in [0.1, 0.15) is 51.5 Å². The Morgan fingerprint density at radius 1 is 1.45 bits per heavy atom. The highest BCUT2D eigenvalue weighted by Crippen LogP contribution is 2.34. The van der Waals surface area contributed by atoms with Gasteiger partial charge in [0.15, 0.2) is 0 Å². The van der Waals surface area contributed by atoms with Crippen molar-refractivity contribution >= 4 is 23.2 Å². The summed E-state index contributed by atoms with van der Waals surface area (Å²) in [6, 6.07) is 3.61. The summed E-state index contributed by atoms with van der Waals surface area (Å²) in [7, 11) is 0. The summed E-state index contributed by atoms with van der Waals surface area (Å²) in [6.45, 7) is 7.44. The van der Waals surface area contributed by atoms with Crippen LogP contribution < -0.4 is 5.32 Å². The van der Waals surface area contributed by atoms with Crippen molar-refractivity contribution in [3.63, 3.8) is 0 Å². The molecular formula is C15H22N2O2S. The van der Waals surface area contributed by atoms with E-state index >= 15 is 0 Å². The molecule has 1 aromatic heterocycles. The number of hydrogen-bond acceptors (Lipinski definition) is 3. The van der Waals surface area contributed by atoms with E-state index in [1.807, 2.05) is 17.5 Å². The molecule has 5 heteroatoms. The standard InChI is InChI=1S/C15H22N2O2S/c1-5-7-11(12-8-6-9-20-12)17-10(2)13(18)16-15(3,4)14(17)19/h6,8-11H,5,7H2,1-4H3,(H,16,18). The van der Waals surface area contributed by atoms with Crippen LogP contribution in [0.2, 0.25) is 0 Å². The summed E-state index contributed by atoms with van der Waals surface area (Å²) in [5.41, 5.74) is -0.827. The zero-order valence-electron chi connectivity index (χ0n) is 12.5. The molecule has 1 aliphatic rings. The zero-order chi connectivity index (χ0) is 14.9. The van der Waals surface area contributed by atoms with Crippen LogP contribution in [0, 0.1) is 0 Å². The molecule has 2 unspecified atom stereocenters. The van der Waals surface area contributed by atoms with Crippen LogP contribution in [-0.2, 0) is 9.59 Å². The van der Waals surface area contributed by atoms with Gasteiger partial charge in [-0.1, -0.05) is 19.4 Å². The Balaban J connectivity index is 2.39. The number of nitrogens with zero attached hydrogens (tertiary/aromatic N) is 1. The molecule has 0 aliphatic carbocycles. The highest BCUT2D eigenvalue weighted by atomic mass is 32.1. The first-order chi connectivity index (χ1) is 9.38. The average molecular weight is 294 g/mol. The molecule has 2 rings (SSSR count). The zero-order valence-corrected chi connectivity index (χ0v) is 13.3. The predicted octanol–water partition coefficient (Wildman–Crippen LogP) is 2.71. The highest BCUT2D eigenvalue weighted by molar-refractivity contribution is 7.10. The van der Waals surface area contributed by atoms with E-state index in [2.05, 4.69) is 12.2 Å². The SMILES string of the molecule is CCCC(c1cccs1)N1C(=O)C(C)(C)NC(=O)C1C. The van der Waals surface area contributed by atoms with Crippen LogP contribution in [0.15, 0.2) is 17.5 Å². The smallest absolute Gasteiger partial charge is 0.248 e. The maximum atomic E-state index is 12.7. The maximum Gasteiger partial charge on any atom is 0.248 e. The second kappa shape index (κ2) is 5.56. The predicted molar refractivity (Wildman–Crippen MR) is 80.5 cm³/mol. The van der Waals surface area contributed by atoms with Crippen molar-refractivity contribution in [2.24, 2.45) is 0 Å². The Kier molecular flexibility index (Phi) is 4.18. The number of nitrogens with one attached hydrogen (secondary N) is 1. The molecule has 1 N–H and O–H groups in total. The van der Waals surface area contributed by atoms with Crippen molar-refractivity contribution < 1.29 is 9.59 Å². The van der Waals surface area contributed by atoms with E-state index in [1.54, 1.807) is 37.0 Å². The molecule has 0 bridgehead atoms. The lowest BCUT2D eigenvalue weighted by atomic mass is 9.94. The van der Waals surface area contributed by atoms with Gasteiger partial charge in [-0.3, -0.25) is 9.59 Å². The summed E-state index contributed by atoms with van der Waals surface area (Å²) < 4.78 is 0. The highest BCUT2D eigenvalue weighted by Gasteiger charge is 2.46. The Labute approximate surface area is 124 Å². The number of rotatable bonds is 4. The molecule has 1 saturated heterocycles. The topological polar surface area (TPSA) is 49.4 Å². The molecule has 20 heavy (non-hydrogen) atoms. The minimum atomic E-state index is -0.827. The first-order valence-electron chi connectivity index (χ1n) is 7.06. The quantitative estimate of drug-likeness (QED) is 0.928. The fourth-order valence-electron chi connectivity index (χ4n) is 2.68. The van der Waals surface area contributed by atoms with Gasteiger partial charge in [-0.2, -0.15) is 0 Å². The molecular weight excluding hydrogens is 272 g/mol. The Morgan fingerprint density at radius 2 is 2.15 bits per heavy atom. The first kappa shape index (κ1) is 15.0. The summed E-state index contributed by atoms with van der Waals surface area (Å²) >= 11 is 1.64. The van der Waals surface area contributed by atoms with Gasteiger partial charge in [0.1, 0.15) is 11.6 Å². The molecule has 0 spiro atoms. The Morgan fingerprint density at radius 3 is 2.70 bits per heavy atom. The number of piperazine rings is 1. The van der Waals surface area contributed by atoms with E-state index in [1.165, 1.54) is 0 Å². The summed E-state index contributed by atoms with van der Waals surface area (Å²) in [4.78, 5) is 27.8. The van der Waals surface area contributed by atoms with Crippen molar-refractivity contribution in [3.8, 4) is 0 Å². The van der Waals surface area contributed by atoms with E-state index in [0.717, 1.165) is 17.7 Å². The van der Waals surface area contributed by atoms with Gasteiger partial charge in [0, 0.05) is 4.88 Å². The molecule has 110 valence electrons. The summed E-state index contributed by atoms with van der Waals surface area (Å²) in [5, 5.41) is 4.82. The van der Waals surface area contributed by atoms with Crippen LogP contribution in [0.25, 0.3) is 0 Å². The van der Waals surface area contributed by atoms with Gasteiger partial charge in [0.25, 0.3) is 0 Å². The fourth-order valence-corrected chi connectivity index (χ4v) is 3.53. The van der Waals surface area contributed by atoms with Crippen molar-refractivity contribution in [1.82, 2.24) is 10.2 Å². The third kappa shape index (κ3) is 2.59. The van der Waals surface area contributed by atoms with Gasteiger partial charge in [-0.05, 0) is 38.6 Å². The van der Waals surface area contributed by atoms with E-state index in [9.17, 15) is 9.59 Å². The van der Waals surface area contributed by atoms with E-state index in [4.69, 9.17) is 0 Å². The number of carbonyl (C=O) groups excluding carboxylic acids is 2. The molecule has 0 radical (unpaired) electrons. The molecule has 4 nitrogen and oxygen atoms in total. The second-order valence-electron chi connectivity index (χ2n) is 5.82. The molecule has 1 fully saturated rings. The van der Waals surface area contributed by atoms with Crippen LogP contribution in [0.3, 0.4) is 0 Å². The summed E-state index contributed by atoms with van der Waals surface area (Å²) in [6.07, 6.45) is 1.85. The lowest BCUT2D eigenvalue weighted by Crippen LogP contribution is -2.67. The molecule has 0 saturated carbocycles. The Hall–Kier alpha value is -1.36. The fraction of sp³-hybridized carbons (Fsp3) is 0.600. The third-order valence-corrected chi connectivity index (χ3v) is 4.74. The molecule has 1 aromatic rings. The lowest BCUT2D eigenvalue weighted by molar-refractivity contribution is -0.156. The number of amides is 2. The Bertz CT molecular complexity index is 496. The summed E-state index contributed by atoms with van der Waals surface area (Å²) in [5.74, 6) is -0.0799. The van der Waals surface area contributed by atoms with E-state index in [0.29, 0.717) is 0 Å².